The van der Waals surface area contributed by atoms with Crippen molar-refractivity contribution in [2.45, 2.75) is 51.0 Å². The zero-order valence-corrected chi connectivity index (χ0v) is 28.2. The third-order valence-electron chi connectivity index (χ3n) is 9.06. The lowest BCUT2D eigenvalue weighted by Crippen LogP contribution is -2.67. The van der Waals surface area contributed by atoms with Gasteiger partial charge in [-0.2, -0.15) is 18.3 Å². The molecule has 2 atom stereocenters. The van der Waals surface area contributed by atoms with Crippen LogP contribution in [0.2, 0.25) is 5.02 Å². The van der Waals surface area contributed by atoms with Crippen molar-refractivity contribution in [1.29, 1.82) is 0 Å². The number of hydrogen-bond acceptors (Lipinski definition) is 10. The van der Waals surface area contributed by atoms with Crippen molar-refractivity contribution in [1.82, 2.24) is 29.6 Å². The van der Waals surface area contributed by atoms with Gasteiger partial charge in [0.05, 0.1) is 41.8 Å². The predicted octanol–water partition coefficient (Wildman–Crippen LogP) is 3.32. The van der Waals surface area contributed by atoms with E-state index in [1.54, 1.807) is 28.5 Å². The van der Waals surface area contributed by atoms with Gasteiger partial charge in [-0.1, -0.05) is 18.5 Å². The van der Waals surface area contributed by atoms with Crippen LogP contribution in [0.3, 0.4) is 0 Å². The fourth-order valence-corrected chi connectivity index (χ4v) is 6.76. The summed E-state index contributed by atoms with van der Waals surface area (Å²) in [5.41, 5.74) is -1.14. The quantitative estimate of drug-likeness (QED) is 0.277. The number of halogens is 4. The first kappa shape index (κ1) is 34.7. The molecule has 0 bridgehead atoms. The van der Waals surface area contributed by atoms with Gasteiger partial charge in [-0.3, -0.25) is 19.2 Å². The summed E-state index contributed by atoms with van der Waals surface area (Å²) in [4.78, 5) is 68.6. The standard InChI is InChI=1S/C32H33ClF3N9O5/c1-5-19-27(43-10-11-44(21-9-8-20(21)43)31(49)25-22(46)13-38-41-30(25)50-4)28(48)26-29(37-14-23(40-26)42(2)3)45(19)15-24(47)39-18-7-6-16(12-17(18)33)32(34,35)36/h6-7,12-14,20-21H,5,8-11,15H2,1-4H3,(H,39,47)(H,41,46)/t20-,21-/m0/s1. The maximum Gasteiger partial charge on any atom is 0.416 e. The highest BCUT2D eigenvalue weighted by atomic mass is 35.5. The number of fused-ring (bicyclic) bond motifs is 2. The fraction of sp³-hybridized carbons (Fsp3) is 0.406. The number of amides is 2. The summed E-state index contributed by atoms with van der Waals surface area (Å²) in [6.45, 7) is 1.88. The number of nitrogens with zero attached hydrogens (tertiary/aromatic N) is 7. The number of alkyl halides is 3. The molecular weight excluding hydrogens is 683 g/mol. The molecule has 1 saturated heterocycles. The summed E-state index contributed by atoms with van der Waals surface area (Å²) in [5, 5.41) is 8.55. The summed E-state index contributed by atoms with van der Waals surface area (Å²) < 4.78 is 46.4. The lowest BCUT2D eigenvalue weighted by atomic mass is 9.81. The van der Waals surface area contributed by atoms with Crippen molar-refractivity contribution in [2.24, 2.45) is 0 Å². The Morgan fingerprint density at radius 2 is 1.88 bits per heavy atom. The monoisotopic (exact) mass is 715 g/mol. The van der Waals surface area contributed by atoms with Crippen molar-refractivity contribution < 1.29 is 27.5 Å². The molecule has 18 heteroatoms. The highest BCUT2D eigenvalue weighted by molar-refractivity contribution is 6.33. The van der Waals surface area contributed by atoms with Gasteiger partial charge in [0.15, 0.2) is 11.2 Å². The van der Waals surface area contributed by atoms with Crippen LogP contribution in [-0.4, -0.2) is 87.8 Å². The number of carbonyl (C=O) groups excluding carboxylic acids is 2. The molecule has 1 aliphatic carbocycles. The first-order valence-corrected chi connectivity index (χ1v) is 16.1. The van der Waals surface area contributed by atoms with E-state index in [0.29, 0.717) is 36.5 Å². The van der Waals surface area contributed by atoms with Crippen LogP contribution in [0, 0.1) is 0 Å². The van der Waals surface area contributed by atoms with E-state index >= 15 is 0 Å². The molecule has 1 saturated carbocycles. The maximum atomic E-state index is 14.4. The Balaban J connectivity index is 1.39. The molecule has 0 radical (unpaired) electrons. The summed E-state index contributed by atoms with van der Waals surface area (Å²) in [6, 6.07) is 2.02. The van der Waals surface area contributed by atoms with Crippen LogP contribution in [-0.2, 0) is 23.9 Å². The van der Waals surface area contributed by atoms with Crippen LogP contribution < -0.4 is 30.7 Å². The van der Waals surface area contributed by atoms with E-state index in [-0.39, 0.29) is 65.0 Å². The molecule has 0 unspecified atom stereocenters. The van der Waals surface area contributed by atoms with E-state index in [1.165, 1.54) is 13.3 Å². The molecule has 0 spiro atoms. The SMILES string of the molecule is CCc1c(N2CCN(C(=O)c3c(OC)[nH]ncc3=O)[C@H]3CC[C@@H]32)c(=O)c2nc(N(C)C)cnc2n1CC(=O)Nc1ccc(C(F)(F)F)cc1Cl. The largest absolute Gasteiger partial charge is 0.481 e. The number of aromatic nitrogens is 5. The van der Waals surface area contributed by atoms with Crippen molar-refractivity contribution in [3.63, 3.8) is 0 Å². The Bertz CT molecular complexity index is 2120. The zero-order valence-electron chi connectivity index (χ0n) is 27.5. The third kappa shape index (κ3) is 6.09. The first-order valence-electron chi connectivity index (χ1n) is 15.7. The number of benzene rings is 1. The Labute approximate surface area is 287 Å². The normalized spacial score (nSPS) is 17.3. The summed E-state index contributed by atoms with van der Waals surface area (Å²) in [5.74, 6) is -0.765. The molecule has 2 N–H and O–H groups in total. The second-order valence-corrected chi connectivity index (χ2v) is 12.6. The Kier molecular flexibility index (Phi) is 9.19. The van der Waals surface area contributed by atoms with Crippen molar-refractivity contribution >= 4 is 51.8 Å². The highest BCUT2D eigenvalue weighted by Crippen LogP contribution is 2.39. The number of H-pyrrole nitrogens is 1. The maximum absolute atomic E-state index is 14.4. The van der Waals surface area contributed by atoms with Gasteiger partial charge in [-0.05, 0) is 37.5 Å². The van der Waals surface area contributed by atoms with Gasteiger partial charge in [-0.25, -0.2) is 15.1 Å². The molecule has 6 rings (SSSR count). The molecule has 3 aromatic heterocycles. The molecule has 50 heavy (non-hydrogen) atoms. The van der Waals surface area contributed by atoms with E-state index in [4.69, 9.17) is 16.3 Å². The van der Waals surface area contributed by atoms with E-state index < -0.39 is 34.4 Å². The number of piperazine rings is 1. The minimum atomic E-state index is -4.61. The van der Waals surface area contributed by atoms with Crippen LogP contribution in [0.1, 0.15) is 41.4 Å². The average Bonchev–Trinajstić information content (AvgIpc) is 3.05. The molecule has 14 nitrogen and oxygen atoms in total. The average molecular weight is 716 g/mol. The van der Waals surface area contributed by atoms with Crippen LogP contribution >= 0.6 is 11.6 Å². The molecule has 4 heterocycles. The number of ether oxygens (including phenoxy) is 1. The fourth-order valence-electron chi connectivity index (χ4n) is 6.53. The molecule has 264 valence electrons. The molecular formula is C32H33ClF3N9O5. The number of nitrogens with one attached hydrogen (secondary N) is 2. The Hall–Kier alpha value is -5.19. The number of pyridine rings is 1. The molecule has 2 aliphatic rings. The lowest BCUT2D eigenvalue weighted by Gasteiger charge is -2.54. The Morgan fingerprint density at radius 3 is 2.50 bits per heavy atom. The van der Waals surface area contributed by atoms with Crippen molar-refractivity contribution in [2.75, 3.05) is 49.4 Å². The van der Waals surface area contributed by atoms with Crippen LogP contribution in [0.25, 0.3) is 11.2 Å². The van der Waals surface area contributed by atoms with Crippen LogP contribution in [0.4, 0.5) is 30.4 Å². The highest BCUT2D eigenvalue weighted by Gasteiger charge is 2.47. The summed E-state index contributed by atoms with van der Waals surface area (Å²) >= 11 is 6.11. The minimum absolute atomic E-state index is 0.0166. The van der Waals surface area contributed by atoms with Gasteiger partial charge in [0.25, 0.3) is 5.91 Å². The second-order valence-electron chi connectivity index (χ2n) is 12.1. The number of hydrogen-bond donors (Lipinski definition) is 2. The summed E-state index contributed by atoms with van der Waals surface area (Å²) in [6.07, 6.45) is -0.549. The number of aromatic amines is 1. The molecule has 2 amide bonds. The minimum Gasteiger partial charge on any atom is -0.481 e. The smallest absolute Gasteiger partial charge is 0.416 e. The molecule has 2 fully saturated rings. The summed E-state index contributed by atoms with van der Waals surface area (Å²) in [7, 11) is 4.82. The number of rotatable bonds is 8. The zero-order chi connectivity index (χ0) is 36.1. The van der Waals surface area contributed by atoms with Crippen molar-refractivity contribution in [3.8, 4) is 5.88 Å². The molecule has 4 aromatic rings. The van der Waals surface area contributed by atoms with E-state index in [9.17, 15) is 32.3 Å². The predicted molar refractivity (Wildman–Crippen MR) is 179 cm³/mol. The van der Waals surface area contributed by atoms with E-state index in [0.717, 1.165) is 24.4 Å². The second kappa shape index (κ2) is 13.3. The van der Waals surface area contributed by atoms with Crippen LogP contribution in [0.5, 0.6) is 5.88 Å². The van der Waals surface area contributed by atoms with Gasteiger partial charge in [0.2, 0.25) is 22.6 Å². The van der Waals surface area contributed by atoms with Gasteiger partial charge < -0.3 is 29.3 Å². The van der Waals surface area contributed by atoms with Crippen molar-refractivity contribution in [3.05, 3.63) is 72.9 Å². The van der Waals surface area contributed by atoms with E-state index in [1.807, 2.05) is 11.8 Å². The van der Waals surface area contributed by atoms with Gasteiger partial charge in [-0.15, -0.1) is 0 Å². The molecule has 1 aliphatic heterocycles. The van der Waals surface area contributed by atoms with Gasteiger partial charge >= 0.3 is 6.18 Å². The third-order valence-corrected chi connectivity index (χ3v) is 9.38. The topological polar surface area (TPSA) is 159 Å². The van der Waals surface area contributed by atoms with Crippen LogP contribution in [0.15, 0.2) is 40.2 Å². The molecule has 1 aromatic carbocycles. The number of methoxy groups -OCH3 is 1. The number of carbonyl (C=O) groups is 2. The first-order chi connectivity index (χ1) is 23.7. The Morgan fingerprint density at radius 1 is 1.14 bits per heavy atom. The lowest BCUT2D eigenvalue weighted by molar-refractivity contribution is -0.137. The van der Waals surface area contributed by atoms with E-state index in [2.05, 4.69) is 25.5 Å². The van der Waals surface area contributed by atoms with Gasteiger partial charge in [0, 0.05) is 38.9 Å². The van der Waals surface area contributed by atoms with Gasteiger partial charge in [0.1, 0.15) is 23.6 Å². The number of anilines is 3.